The molecule has 0 saturated heterocycles. The van der Waals surface area contributed by atoms with Crippen LogP contribution in [0.2, 0.25) is 0 Å². The van der Waals surface area contributed by atoms with Gasteiger partial charge in [0.05, 0.1) is 25.4 Å². The molecule has 2 aliphatic carbocycles. The molecule has 1 fully saturated rings. The van der Waals surface area contributed by atoms with Crippen LogP contribution < -0.4 is 4.74 Å². The number of hydrogen-bond donors (Lipinski definition) is 1. The number of aliphatic hydroxyl groups excluding tert-OH is 1. The molecular formula is C37H40F6O3. The van der Waals surface area contributed by atoms with Crippen molar-refractivity contribution in [1.82, 2.24) is 0 Å². The first-order valence-electron chi connectivity index (χ1n) is 16.2. The summed E-state index contributed by atoms with van der Waals surface area (Å²) >= 11 is 0. The van der Waals surface area contributed by atoms with Crippen molar-refractivity contribution in [3.63, 3.8) is 0 Å². The highest BCUT2D eigenvalue weighted by Gasteiger charge is 2.30. The van der Waals surface area contributed by atoms with Gasteiger partial charge in [0.25, 0.3) is 0 Å². The summed E-state index contributed by atoms with van der Waals surface area (Å²) in [5.74, 6) is -6.41. The molecule has 2 unspecified atom stereocenters. The molecule has 5 rings (SSSR count). The lowest BCUT2D eigenvalue weighted by molar-refractivity contribution is 0.0342. The van der Waals surface area contributed by atoms with E-state index in [2.05, 4.69) is 0 Å². The zero-order valence-corrected chi connectivity index (χ0v) is 26.2. The fraction of sp³-hybridized carbons (Fsp3) is 0.459. The predicted octanol–water partition coefficient (Wildman–Crippen LogP) is 10.3. The second-order valence-corrected chi connectivity index (χ2v) is 12.3. The van der Waals surface area contributed by atoms with Crippen molar-refractivity contribution in [2.24, 2.45) is 0 Å². The SMILES string of the molecule is CCCC(O)c1ccc(C2=CCC(OCc3ccc(C4CCC(c5ccc(OCC)c(F)c5F)CC4)c(F)c3F)CC2)c(F)c1F. The lowest BCUT2D eigenvalue weighted by atomic mass is 9.75. The van der Waals surface area contributed by atoms with E-state index in [1.165, 1.54) is 24.3 Å². The Balaban J connectivity index is 1.17. The Kier molecular flexibility index (Phi) is 11.2. The normalized spacial score (nSPS) is 20.8. The molecule has 248 valence electrons. The van der Waals surface area contributed by atoms with E-state index in [1.807, 2.05) is 6.92 Å². The van der Waals surface area contributed by atoms with Gasteiger partial charge in [-0.05, 0) is 92.9 Å². The van der Waals surface area contributed by atoms with E-state index in [-0.39, 0.29) is 64.7 Å². The second kappa shape index (κ2) is 15.1. The first-order valence-corrected chi connectivity index (χ1v) is 16.2. The minimum Gasteiger partial charge on any atom is -0.491 e. The summed E-state index contributed by atoms with van der Waals surface area (Å²) in [4.78, 5) is 0. The molecule has 2 atom stereocenters. The Labute approximate surface area is 266 Å². The highest BCUT2D eigenvalue weighted by molar-refractivity contribution is 5.67. The zero-order valence-electron chi connectivity index (χ0n) is 26.2. The first kappa shape index (κ1) is 34.0. The van der Waals surface area contributed by atoms with Crippen molar-refractivity contribution in [2.45, 2.75) is 102 Å². The number of allylic oxidation sites excluding steroid dienone is 1. The van der Waals surface area contributed by atoms with Crippen molar-refractivity contribution in [3.8, 4) is 5.75 Å². The second-order valence-electron chi connectivity index (χ2n) is 12.3. The van der Waals surface area contributed by atoms with Gasteiger partial charge in [-0.3, -0.25) is 0 Å². The van der Waals surface area contributed by atoms with Gasteiger partial charge in [-0.1, -0.05) is 49.8 Å². The maximum atomic E-state index is 15.3. The number of aliphatic hydroxyl groups is 1. The average molecular weight is 647 g/mol. The molecule has 0 bridgehead atoms. The molecule has 46 heavy (non-hydrogen) atoms. The molecule has 0 radical (unpaired) electrons. The van der Waals surface area contributed by atoms with E-state index in [0.29, 0.717) is 63.4 Å². The van der Waals surface area contributed by atoms with Gasteiger partial charge in [-0.2, -0.15) is 4.39 Å². The monoisotopic (exact) mass is 646 g/mol. The Morgan fingerprint density at radius 1 is 0.739 bits per heavy atom. The van der Waals surface area contributed by atoms with Gasteiger partial charge in [0.1, 0.15) is 0 Å². The summed E-state index contributed by atoms with van der Waals surface area (Å²) < 4.78 is 100. The molecule has 0 aliphatic heterocycles. The average Bonchev–Trinajstić information content (AvgIpc) is 3.06. The largest absolute Gasteiger partial charge is 0.491 e. The van der Waals surface area contributed by atoms with Crippen LogP contribution in [0.15, 0.2) is 42.5 Å². The van der Waals surface area contributed by atoms with E-state index in [4.69, 9.17) is 9.47 Å². The fourth-order valence-electron chi connectivity index (χ4n) is 6.79. The van der Waals surface area contributed by atoms with Crippen molar-refractivity contribution in [1.29, 1.82) is 0 Å². The lowest BCUT2D eigenvalue weighted by Crippen LogP contribution is -2.18. The minimum atomic E-state index is -1.06. The van der Waals surface area contributed by atoms with Crippen molar-refractivity contribution < 1.29 is 40.9 Å². The van der Waals surface area contributed by atoms with Crippen LogP contribution in [0.4, 0.5) is 26.3 Å². The molecule has 1 saturated carbocycles. The summed E-state index contributed by atoms with van der Waals surface area (Å²) in [5, 5.41) is 10.1. The van der Waals surface area contributed by atoms with Crippen LogP contribution in [0.25, 0.3) is 5.57 Å². The van der Waals surface area contributed by atoms with E-state index in [9.17, 15) is 22.7 Å². The number of rotatable bonds is 11. The quantitative estimate of drug-likeness (QED) is 0.211. The molecule has 0 aromatic heterocycles. The van der Waals surface area contributed by atoms with E-state index >= 15 is 8.78 Å². The Hall–Kier alpha value is -3.30. The van der Waals surface area contributed by atoms with Crippen molar-refractivity contribution >= 4 is 5.57 Å². The summed E-state index contributed by atoms with van der Waals surface area (Å²) in [6, 6.07) is 9.00. The first-order chi connectivity index (χ1) is 22.1. The summed E-state index contributed by atoms with van der Waals surface area (Å²) in [6.45, 7) is 3.63. The van der Waals surface area contributed by atoms with Crippen molar-refractivity contribution in [2.75, 3.05) is 6.61 Å². The predicted molar refractivity (Wildman–Crippen MR) is 164 cm³/mol. The molecule has 0 heterocycles. The Morgan fingerprint density at radius 2 is 1.39 bits per heavy atom. The van der Waals surface area contributed by atoms with Gasteiger partial charge in [0.2, 0.25) is 5.82 Å². The van der Waals surface area contributed by atoms with Gasteiger partial charge < -0.3 is 14.6 Å². The van der Waals surface area contributed by atoms with E-state index in [0.717, 1.165) is 0 Å². The van der Waals surface area contributed by atoms with Crippen LogP contribution in [0.3, 0.4) is 0 Å². The summed E-state index contributed by atoms with van der Waals surface area (Å²) in [5.41, 5.74) is 1.37. The van der Waals surface area contributed by atoms with Crippen LogP contribution in [-0.2, 0) is 11.3 Å². The molecule has 3 aromatic carbocycles. The third-order valence-corrected chi connectivity index (χ3v) is 9.39. The minimum absolute atomic E-state index is 0.0512. The standard InChI is InChI=1S/C37H40F6O3/c1-3-5-30(44)29-17-16-27(34(40)36(29)42)23-10-13-25(14-11-23)46-20-24-12-15-26(33(39)32(24)38)21-6-8-22(9-7-21)28-18-19-31(45-4-2)37(43)35(28)41/h10,12,15-19,21-22,25,30,44H,3-9,11,13-14,20H2,1-2H3. The number of hydrogen-bond acceptors (Lipinski definition) is 3. The number of halogens is 6. The van der Waals surface area contributed by atoms with Crippen LogP contribution >= 0.6 is 0 Å². The molecule has 2 aliphatic rings. The molecule has 9 heteroatoms. The lowest BCUT2D eigenvalue weighted by Gasteiger charge is -2.30. The topological polar surface area (TPSA) is 38.7 Å². The number of benzene rings is 3. The molecule has 3 aromatic rings. The van der Waals surface area contributed by atoms with Crippen LogP contribution in [0.1, 0.15) is 117 Å². The molecule has 0 spiro atoms. The highest BCUT2D eigenvalue weighted by Crippen LogP contribution is 2.43. The highest BCUT2D eigenvalue weighted by atomic mass is 19.2. The Bertz CT molecular complexity index is 1560. The molecule has 0 amide bonds. The van der Waals surface area contributed by atoms with Crippen molar-refractivity contribution in [3.05, 3.63) is 105 Å². The smallest absolute Gasteiger partial charge is 0.200 e. The van der Waals surface area contributed by atoms with Gasteiger partial charge >= 0.3 is 0 Å². The van der Waals surface area contributed by atoms with Crippen LogP contribution in [0, 0.1) is 34.9 Å². The maximum absolute atomic E-state index is 15.3. The van der Waals surface area contributed by atoms with Gasteiger partial charge in [0, 0.05) is 16.7 Å². The molecule has 1 N–H and O–H groups in total. The zero-order chi connectivity index (χ0) is 33.0. The summed E-state index contributed by atoms with van der Waals surface area (Å²) in [7, 11) is 0. The number of ether oxygens (including phenoxy) is 2. The van der Waals surface area contributed by atoms with Crippen LogP contribution in [-0.4, -0.2) is 17.8 Å². The van der Waals surface area contributed by atoms with E-state index in [1.54, 1.807) is 25.1 Å². The molecule has 3 nitrogen and oxygen atoms in total. The maximum Gasteiger partial charge on any atom is 0.200 e. The fourth-order valence-corrected chi connectivity index (χ4v) is 6.79. The van der Waals surface area contributed by atoms with Crippen LogP contribution in [0.5, 0.6) is 5.75 Å². The van der Waals surface area contributed by atoms with Gasteiger partial charge in [-0.15, -0.1) is 0 Å². The third kappa shape index (κ3) is 7.15. The van der Waals surface area contributed by atoms with Gasteiger partial charge in [-0.25, -0.2) is 22.0 Å². The Morgan fingerprint density at radius 3 is 2.00 bits per heavy atom. The van der Waals surface area contributed by atoms with E-state index < -0.39 is 41.0 Å². The van der Waals surface area contributed by atoms with Gasteiger partial charge in [0.15, 0.2) is 34.8 Å². The third-order valence-electron chi connectivity index (χ3n) is 9.39. The molecular weight excluding hydrogens is 606 g/mol. The summed E-state index contributed by atoms with van der Waals surface area (Å²) in [6.07, 6.45) is 4.75.